The molecule has 19 heavy (non-hydrogen) atoms. The number of hydrogen-bond donors (Lipinski definition) is 2. The van der Waals surface area contributed by atoms with Crippen LogP contribution >= 0.6 is 0 Å². The summed E-state index contributed by atoms with van der Waals surface area (Å²) in [5, 5.41) is 6.22. The lowest BCUT2D eigenvalue weighted by atomic mass is 10.0. The molecule has 6 heteroatoms. The van der Waals surface area contributed by atoms with Crippen LogP contribution in [0.4, 0.5) is 5.95 Å². The number of imidazole rings is 1. The predicted octanol–water partition coefficient (Wildman–Crippen LogP) is 0.853. The maximum Gasteiger partial charge on any atom is 0.271 e. The van der Waals surface area contributed by atoms with Gasteiger partial charge in [0.1, 0.15) is 5.69 Å². The summed E-state index contributed by atoms with van der Waals surface area (Å²) in [5.74, 6) is 1.12. The van der Waals surface area contributed by atoms with Gasteiger partial charge in [0, 0.05) is 37.9 Å². The van der Waals surface area contributed by atoms with Gasteiger partial charge in [-0.1, -0.05) is 0 Å². The highest BCUT2D eigenvalue weighted by Gasteiger charge is 2.25. The van der Waals surface area contributed by atoms with E-state index in [0.717, 1.165) is 45.1 Å². The van der Waals surface area contributed by atoms with E-state index in [0.29, 0.717) is 11.6 Å². The van der Waals surface area contributed by atoms with Gasteiger partial charge >= 0.3 is 0 Å². The molecule has 0 bridgehead atoms. The molecular formula is C13H20N4O2. The topological polar surface area (TPSA) is 68.2 Å². The first-order chi connectivity index (χ1) is 9.24. The molecule has 2 aliphatic rings. The summed E-state index contributed by atoms with van der Waals surface area (Å²) >= 11 is 0. The van der Waals surface area contributed by atoms with E-state index in [1.807, 2.05) is 17.7 Å². The first kappa shape index (κ1) is 12.5. The Bertz CT molecular complexity index is 442. The van der Waals surface area contributed by atoms with Crippen LogP contribution in [0, 0.1) is 5.92 Å². The summed E-state index contributed by atoms with van der Waals surface area (Å²) in [4.78, 5) is 16.5. The molecule has 104 valence electrons. The number of carbonyl (C=O) groups is 1. The van der Waals surface area contributed by atoms with E-state index in [4.69, 9.17) is 4.74 Å². The van der Waals surface area contributed by atoms with Crippen molar-refractivity contribution in [3.63, 3.8) is 0 Å². The third kappa shape index (κ3) is 2.58. The van der Waals surface area contributed by atoms with Crippen molar-refractivity contribution in [2.75, 3.05) is 25.1 Å². The highest BCUT2D eigenvalue weighted by atomic mass is 16.5. The van der Waals surface area contributed by atoms with E-state index in [9.17, 15) is 4.79 Å². The summed E-state index contributed by atoms with van der Waals surface area (Å²) in [7, 11) is 0. The monoisotopic (exact) mass is 264 g/mol. The summed E-state index contributed by atoms with van der Waals surface area (Å²) in [6.45, 7) is 5.42. The zero-order valence-electron chi connectivity index (χ0n) is 11.2. The molecule has 0 spiro atoms. The second-order valence-corrected chi connectivity index (χ2v) is 5.31. The Hall–Kier alpha value is -1.56. The summed E-state index contributed by atoms with van der Waals surface area (Å²) in [6.07, 6.45) is 3.91. The lowest BCUT2D eigenvalue weighted by molar-refractivity contribution is 0.0917. The Balaban J connectivity index is 1.64. The number of carbonyl (C=O) groups excluding carboxylic acids is 1. The van der Waals surface area contributed by atoms with Crippen LogP contribution in [0.15, 0.2) is 6.20 Å². The smallest absolute Gasteiger partial charge is 0.271 e. The summed E-state index contributed by atoms with van der Waals surface area (Å²) < 4.78 is 7.35. The van der Waals surface area contributed by atoms with Gasteiger partial charge in [0.2, 0.25) is 5.95 Å². The molecule has 2 aliphatic heterocycles. The van der Waals surface area contributed by atoms with Crippen LogP contribution in [0.3, 0.4) is 0 Å². The SMILES string of the molecule is CC(NC(=O)c1cn2c(n1)NCCC2)C1CCOC1. The highest BCUT2D eigenvalue weighted by molar-refractivity contribution is 5.92. The van der Waals surface area contributed by atoms with E-state index in [2.05, 4.69) is 15.6 Å². The van der Waals surface area contributed by atoms with Crippen LogP contribution in [-0.4, -0.2) is 41.3 Å². The van der Waals surface area contributed by atoms with Crippen molar-refractivity contribution in [3.05, 3.63) is 11.9 Å². The van der Waals surface area contributed by atoms with Crippen molar-refractivity contribution in [2.45, 2.75) is 32.4 Å². The van der Waals surface area contributed by atoms with E-state index >= 15 is 0 Å². The molecule has 1 amide bonds. The van der Waals surface area contributed by atoms with Gasteiger partial charge in [-0.05, 0) is 19.8 Å². The van der Waals surface area contributed by atoms with Crippen LogP contribution in [-0.2, 0) is 11.3 Å². The molecule has 1 saturated heterocycles. The Morgan fingerprint density at radius 3 is 3.32 bits per heavy atom. The molecule has 1 aromatic heterocycles. The van der Waals surface area contributed by atoms with Gasteiger partial charge in [-0.15, -0.1) is 0 Å². The fraction of sp³-hybridized carbons (Fsp3) is 0.692. The lowest BCUT2D eigenvalue weighted by Gasteiger charge is -2.18. The normalized spacial score (nSPS) is 23.5. The number of amides is 1. The highest BCUT2D eigenvalue weighted by Crippen LogP contribution is 2.18. The Kier molecular flexibility index (Phi) is 3.42. The molecule has 0 aliphatic carbocycles. The molecule has 2 N–H and O–H groups in total. The molecule has 1 aromatic rings. The average Bonchev–Trinajstić information content (AvgIpc) is 3.07. The number of hydrogen-bond acceptors (Lipinski definition) is 4. The van der Waals surface area contributed by atoms with Crippen LogP contribution in [0.2, 0.25) is 0 Å². The predicted molar refractivity (Wildman–Crippen MR) is 71.2 cm³/mol. The standard InChI is InChI=1S/C13H20N4O2/c1-9(10-3-6-19-8-10)15-12(18)11-7-17-5-2-4-14-13(17)16-11/h7,9-10H,2-6,8H2,1H3,(H,14,16)(H,15,18). The van der Waals surface area contributed by atoms with Crippen LogP contribution in [0.5, 0.6) is 0 Å². The largest absolute Gasteiger partial charge is 0.381 e. The minimum atomic E-state index is -0.0944. The Morgan fingerprint density at radius 1 is 1.68 bits per heavy atom. The molecule has 2 unspecified atom stereocenters. The maximum atomic E-state index is 12.2. The van der Waals surface area contributed by atoms with E-state index in [1.54, 1.807) is 0 Å². The maximum absolute atomic E-state index is 12.2. The van der Waals surface area contributed by atoms with Crippen molar-refractivity contribution in [3.8, 4) is 0 Å². The quantitative estimate of drug-likeness (QED) is 0.849. The Morgan fingerprint density at radius 2 is 2.58 bits per heavy atom. The molecule has 0 saturated carbocycles. The minimum absolute atomic E-state index is 0.0944. The third-order valence-electron chi connectivity index (χ3n) is 3.90. The second kappa shape index (κ2) is 5.21. The molecule has 6 nitrogen and oxygen atoms in total. The number of ether oxygens (including phenoxy) is 1. The van der Waals surface area contributed by atoms with Crippen molar-refractivity contribution in [1.82, 2.24) is 14.9 Å². The molecule has 3 heterocycles. The van der Waals surface area contributed by atoms with Crippen molar-refractivity contribution < 1.29 is 9.53 Å². The van der Waals surface area contributed by atoms with Crippen LogP contribution in [0.25, 0.3) is 0 Å². The Labute approximate surface area is 112 Å². The third-order valence-corrected chi connectivity index (χ3v) is 3.90. The molecule has 1 fully saturated rings. The van der Waals surface area contributed by atoms with Crippen molar-refractivity contribution in [1.29, 1.82) is 0 Å². The first-order valence-electron chi connectivity index (χ1n) is 6.93. The van der Waals surface area contributed by atoms with E-state index in [1.165, 1.54) is 0 Å². The number of nitrogens with one attached hydrogen (secondary N) is 2. The fourth-order valence-electron chi connectivity index (χ4n) is 2.63. The van der Waals surface area contributed by atoms with Gasteiger partial charge in [0.25, 0.3) is 5.91 Å². The number of fused-ring (bicyclic) bond motifs is 1. The van der Waals surface area contributed by atoms with Crippen molar-refractivity contribution >= 4 is 11.9 Å². The van der Waals surface area contributed by atoms with Crippen LogP contribution < -0.4 is 10.6 Å². The number of nitrogens with zero attached hydrogens (tertiary/aromatic N) is 2. The molecule has 0 aromatic carbocycles. The first-order valence-corrected chi connectivity index (χ1v) is 6.93. The number of rotatable bonds is 3. The van der Waals surface area contributed by atoms with E-state index < -0.39 is 0 Å². The van der Waals surface area contributed by atoms with Gasteiger partial charge < -0.3 is 19.9 Å². The molecule has 2 atom stereocenters. The molecule has 3 rings (SSSR count). The number of aryl methyl sites for hydroxylation is 1. The van der Waals surface area contributed by atoms with Gasteiger partial charge in [-0.2, -0.15) is 0 Å². The van der Waals surface area contributed by atoms with Crippen LogP contribution in [0.1, 0.15) is 30.3 Å². The zero-order valence-corrected chi connectivity index (χ0v) is 11.2. The zero-order chi connectivity index (χ0) is 13.2. The average molecular weight is 264 g/mol. The minimum Gasteiger partial charge on any atom is -0.381 e. The lowest BCUT2D eigenvalue weighted by Crippen LogP contribution is -2.38. The fourth-order valence-corrected chi connectivity index (χ4v) is 2.63. The number of anilines is 1. The van der Waals surface area contributed by atoms with Gasteiger partial charge in [-0.3, -0.25) is 4.79 Å². The van der Waals surface area contributed by atoms with Crippen molar-refractivity contribution in [2.24, 2.45) is 5.92 Å². The van der Waals surface area contributed by atoms with Gasteiger partial charge in [0.05, 0.1) is 6.61 Å². The number of aromatic nitrogens is 2. The molecule has 0 radical (unpaired) electrons. The second-order valence-electron chi connectivity index (χ2n) is 5.31. The summed E-state index contributed by atoms with van der Waals surface area (Å²) in [5.41, 5.74) is 0.496. The van der Waals surface area contributed by atoms with E-state index in [-0.39, 0.29) is 11.9 Å². The summed E-state index contributed by atoms with van der Waals surface area (Å²) in [6, 6.07) is 0.127. The molecular weight excluding hydrogens is 244 g/mol. The van der Waals surface area contributed by atoms with Gasteiger partial charge in [-0.25, -0.2) is 4.98 Å². The van der Waals surface area contributed by atoms with Gasteiger partial charge in [0.15, 0.2) is 0 Å².